The number of ether oxygens (including phenoxy) is 1. The van der Waals surface area contributed by atoms with E-state index in [1.165, 1.54) is 28.3 Å². The molecule has 0 bridgehead atoms. The molecule has 0 spiro atoms. The van der Waals surface area contributed by atoms with E-state index < -0.39 is 35.6 Å². The summed E-state index contributed by atoms with van der Waals surface area (Å²) in [4.78, 5) is 21.3. The SMILES string of the molecule is O=C(N1CC(Oc2nc(Cl)ncc2F)C1)N1N=CC[C@H]1c1cc(F)cc(F)c1. The highest BCUT2D eigenvalue weighted by molar-refractivity contribution is 6.28. The van der Waals surface area contributed by atoms with E-state index in [9.17, 15) is 18.0 Å². The van der Waals surface area contributed by atoms with E-state index in [-0.39, 0.29) is 24.3 Å². The Morgan fingerprint density at radius 3 is 2.61 bits per heavy atom. The molecule has 1 atom stereocenters. The number of hydrazone groups is 1. The molecule has 1 fully saturated rings. The van der Waals surface area contributed by atoms with E-state index in [4.69, 9.17) is 16.3 Å². The van der Waals surface area contributed by atoms with Crippen LogP contribution >= 0.6 is 11.6 Å². The normalized spacial score (nSPS) is 19.1. The number of carbonyl (C=O) groups is 1. The largest absolute Gasteiger partial charge is 0.468 e. The maximum Gasteiger partial charge on any atom is 0.341 e. The predicted octanol–water partition coefficient (Wildman–Crippen LogP) is 3.16. The average molecular weight is 412 g/mol. The molecule has 4 rings (SSSR count). The number of urea groups is 1. The van der Waals surface area contributed by atoms with Crippen LogP contribution in [0.3, 0.4) is 0 Å². The molecule has 3 heterocycles. The zero-order valence-electron chi connectivity index (χ0n) is 14.2. The number of benzene rings is 1. The van der Waals surface area contributed by atoms with Crippen LogP contribution in [-0.4, -0.2) is 51.3 Å². The van der Waals surface area contributed by atoms with Crippen molar-refractivity contribution in [3.05, 3.63) is 52.7 Å². The molecule has 0 aliphatic carbocycles. The molecule has 2 aliphatic rings. The molecule has 2 aromatic rings. The zero-order chi connectivity index (χ0) is 19.8. The molecule has 0 radical (unpaired) electrons. The summed E-state index contributed by atoms with van der Waals surface area (Å²) in [6.07, 6.45) is 2.28. The lowest BCUT2D eigenvalue weighted by atomic mass is 10.0. The summed E-state index contributed by atoms with van der Waals surface area (Å²) in [6, 6.07) is 2.07. The highest BCUT2D eigenvalue weighted by Gasteiger charge is 2.39. The maximum absolute atomic E-state index is 13.6. The van der Waals surface area contributed by atoms with E-state index in [1.54, 1.807) is 0 Å². The lowest BCUT2D eigenvalue weighted by molar-refractivity contribution is 0.0229. The molecular weight excluding hydrogens is 399 g/mol. The molecule has 28 heavy (non-hydrogen) atoms. The Labute approximate surface area is 162 Å². The van der Waals surface area contributed by atoms with Crippen molar-refractivity contribution in [2.24, 2.45) is 5.10 Å². The van der Waals surface area contributed by atoms with E-state index in [0.29, 0.717) is 12.0 Å². The molecule has 2 amide bonds. The van der Waals surface area contributed by atoms with Crippen LogP contribution in [0.5, 0.6) is 5.88 Å². The molecule has 0 saturated carbocycles. The fraction of sp³-hybridized carbons (Fsp3) is 0.294. The summed E-state index contributed by atoms with van der Waals surface area (Å²) in [5, 5.41) is 5.04. The van der Waals surface area contributed by atoms with Gasteiger partial charge in [0.25, 0.3) is 5.88 Å². The van der Waals surface area contributed by atoms with Crippen LogP contribution in [0.1, 0.15) is 18.0 Å². The van der Waals surface area contributed by atoms with Gasteiger partial charge in [0.05, 0.1) is 25.3 Å². The summed E-state index contributed by atoms with van der Waals surface area (Å²) in [6.45, 7) is 0.353. The second kappa shape index (κ2) is 7.27. The van der Waals surface area contributed by atoms with Crippen molar-refractivity contribution in [3.63, 3.8) is 0 Å². The van der Waals surface area contributed by atoms with E-state index in [0.717, 1.165) is 12.3 Å². The Balaban J connectivity index is 1.40. The monoisotopic (exact) mass is 411 g/mol. The third-order valence-corrected chi connectivity index (χ3v) is 4.56. The number of aromatic nitrogens is 2. The van der Waals surface area contributed by atoms with Crippen LogP contribution in [0.25, 0.3) is 0 Å². The van der Waals surface area contributed by atoms with Gasteiger partial charge in [-0.15, -0.1) is 0 Å². The first-order chi connectivity index (χ1) is 13.4. The summed E-state index contributed by atoms with van der Waals surface area (Å²) in [5.41, 5.74) is 0.314. The third kappa shape index (κ3) is 3.59. The highest BCUT2D eigenvalue weighted by atomic mass is 35.5. The number of carbonyl (C=O) groups excluding carboxylic acids is 1. The standard InChI is InChI=1S/C17H13ClF3N5O2/c18-16-22-6-13(21)15(24-16)28-12-7-25(8-12)17(27)26-14(1-2-23-26)9-3-10(19)5-11(20)4-9/h2-6,12,14H,1,7-8H2/t14-/m0/s1. The summed E-state index contributed by atoms with van der Waals surface area (Å²) >= 11 is 5.61. The van der Waals surface area contributed by atoms with Gasteiger partial charge in [-0.1, -0.05) is 0 Å². The van der Waals surface area contributed by atoms with Crippen molar-refractivity contribution in [2.45, 2.75) is 18.6 Å². The maximum atomic E-state index is 13.6. The van der Waals surface area contributed by atoms with Crippen LogP contribution in [0, 0.1) is 17.5 Å². The molecule has 1 aromatic heterocycles. The minimum Gasteiger partial charge on any atom is -0.468 e. The highest BCUT2D eigenvalue weighted by Crippen LogP contribution is 2.31. The lowest BCUT2D eigenvalue weighted by Crippen LogP contribution is -2.59. The number of hydrogen-bond acceptors (Lipinski definition) is 5. The minimum absolute atomic E-state index is 0.153. The quantitative estimate of drug-likeness (QED) is 0.727. The molecule has 1 aromatic carbocycles. The number of rotatable bonds is 3. The topological polar surface area (TPSA) is 70.9 Å². The molecular formula is C17H13ClF3N5O2. The Hall–Kier alpha value is -2.88. The van der Waals surface area contributed by atoms with Gasteiger partial charge in [0.2, 0.25) is 11.1 Å². The number of halogens is 4. The number of hydrogen-bond donors (Lipinski definition) is 0. The fourth-order valence-corrected chi connectivity index (χ4v) is 3.15. The van der Waals surface area contributed by atoms with E-state index >= 15 is 0 Å². The molecule has 1 saturated heterocycles. The third-order valence-electron chi connectivity index (χ3n) is 4.37. The van der Waals surface area contributed by atoms with Gasteiger partial charge in [-0.25, -0.2) is 23.6 Å². The van der Waals surface area contributed by atoms with Gasteiger partial charge >= 0.3 is 6.03 Å². The van der Waals surface area contributed by atoms with Crippen LogP contribution in [0.2, 0.25) is 5.28 Å². The Morgan fingerprint density at radius 2 is 1.89 bits per heavy atom. The fourth-order valence-electron chi connectivity index (χ4n) is 3.03. The summed E-state index contributed by atoms with van der Waals surface area (Å²) in [5.74, 6) is -2.49. The van der Waals surface area contributed by atoms with E-state index in [2.05, 4.69) is 15.1 Å². The molecule has 7 nitrogen and oxygen atoms in total. The van der Waals surface area contributed by atoms with Crippen LogP contribution in [-0.2, 0) is 0 Å². The molecule has 0 N–H and O–H groups in total. The minimum atomic E-state index is -0.758. The van der Waals surface area contributed by atoms with Crippen molar-refractivity contribution < 1.29 is 22.7 Å². The van der Waals surface area contributed by atoms with Crippen LogP contribution < -0.4 is 4.74 Å². The van der Waals surface area contributed by atoms with E-state index in [1.807, 2.05) is 0 Å². The second-order valence-corrected chi connectivity index (χ2v) is 6.65. The van der Waals surface area contributed by atoms with Gasteiger partial charge in [-0.05, 0) is 29.3 Å². The number of amides is 2. The van der Waals surface area contributed by atoms with Gasteiger partial charge < -0.3 is 9.64 Å². The Kier molecular flexibility index (Phi) is 4.80. The van der Waals surface area contributed by atoms with Crippen molar-refractivity contribution in [3.8, 4) is 5.88 Å². The number of nitrogens with zero attached hydrogens (tertiary/aromatic N) is 5. The molecule has 146 valence electrons. The first-order valence-corrected chi connectivity index (χ1v) is 8.70. The van der Waals surface area contributed by atoms with Gasteiger partial charge in [0.15, 0.2) is 0 Å². The van der Waals surface area contributed by atoms with Crippen LogP contribution in [0.15, 0.2) is 29.5 Å². The first-order valence-electron chi connectivity index (χ1n) is 8.32. The van der Waals surface area contributed by atoms with Crippen molar-refractivity contribution in [2.75, 3.05) is 13.1 Å². The molecule has 2 aliphatic heterocycles. The van der Waals surface area contributed by atoms with Crippen molar-refractivity contribution in [1.82, 2.24) is 19.9 Å². The smallest absolute Gasteiger partial charge is 0.341 e. The predicted molar refractivity (Wildman–Crippen MR) is 92.4 cm³/mol. The van der Waals surface area contributed by atoms with Crippen molar-refractivity contribution in [1.29, 1.82) is 0 Å². The zero-order valence-corrected chi connectivity index (χ0v) is 15.0. The first kappa shape index (κ1) is 18.5. The average Bonchev–Trinajstić information content (AvgIpc) is 3.09. The van der Waals surface area contributed by atoms with Gasteiger partial charge in [-0.2, -0.15) is 14.5 Å². The molecule has 0 unspecified atom stereocenters. The Bertz CT molecular complexity index is 934. The van der Waals surface area contributed by atoms with Gasteiger partial charge in [-0.3, -0.25) is 0 Å². The van der Waals surface area contributed by atoms with Gasteiger partial charge in [0, 0.05) is 18.7 Å². The van der Waals surface area contributed by atoms with Crippen LogP contribution in [0.4, 0.5) is 18.0 Å². The number of likely N-dealkylation sites (tertiary alicyclic amines) is 1. The Morgan fingerprint density at radius 1 is 1.18 bits per heavy atom. The summed E-state index contributed by atoms with van der Waals surface area (Å²) in [7, 11) is 0. The second-order valence-electron chi connectivity index (χ2n) is 6.32. The van der Waals surface area contributed by atoms with Crippen molar-refractivity contribution >= 4 is 23.8 Å². The summed E-state index contributed by atoms with van der Waals surface area (Å²) < 4.78 is 46.0. The van der Waals surface area contributed by atoms with Gasteiger partial charge in [0.1, 0.15) is 17.7 Å². The molecule has 11 heteroatoms. The lowest BCUT2D eigenvalue weighted by Gasteiger charge is -2.40.